The number of fused-ring (bicyclic) bond motifs is 2. The van der Waals surface area contributed by atoms with Crippen molar-refractivity contribution < 1.29 is 18.0 Å². The van der Waals surface area contributed by atoms with Crippen LogP contribution in [0.3, 0.4) is 0 Å². The van der Waals surface area contributed by atoms with Gasteiger partial charge in [-0.25, -0.2) is 4.98 Å². The van der Waals surface area contributed by atoms with Crippen LogP contribution in [-0.2, 0) is 13.2 Å². The number of amides is 1. The average molecular weight is 485 g/mol. The van der Waals surface area contributed by atoms with Crippen molar-refractivity contribution in [3.8, 4) is 0 Å². The fourth-order valence-electron chi connectivity index (χ4n) is 4.15. The minimum atomic E-state index is -4.46. The molecule has 1 amide bonds. The highest BCUT2D eigenvalue weighted by Gasteiger charge is 2.33. The summed E-state index contributed by atoms with van der Waals surface area (Å²) in [6.45, 7) is 2.02. The third-order valence-electron chi connectivity index (χ3n) is 6.10. The van der Waals surface area contributed by atoms with Gasteiger partial charge in [0.15, 0.2) is 0 Å². The molecule has 5 rings (SSSR count). The molecule has 1 aliphatic rings. The van der Waals surface area contributed by atoms with Crippen molar-refractivity contribution in [1.29, 1.82) is 0 Å². The van der Waals surface area contributed by atoms with E-state index < -0.39 is 11.9 Å². The van der Waals surface area contributed by atoms with Crippen LogP contribution in [0.5, 0.6) is 0 Å². The molecule has 0 bridgehead atoms. The minimum Gasteiger partial charge on any atom is -0.398 e. The molecule has 1 fully saturated rings. The highest BCUT2D eigenvalue weighted by atomic mass is 19.4. The first-order valence-electron chi connectivity index (χ1n) is 11.7. The summed E-state index contributed by atoms with van der Waals surface area (Å²) in [6, 6.07) is 15.1. The lowest BCUT2D eigenvalue weighted by Gasteiger charge is -2.08. The molecule has 0 radical (unpaired) electrons. The van der Waals surface area contributed by atoms with E-state index in [0.29, 0.717) is 11.1 Å². The highest BCUT2D eigenvalue weighted by molar-refractivity contribution is 5.98. The van der Waals surface area contributed by atoms with Gasteiger partial charge in [-0.1, -0.05) is 68.9 Å². The molecule has 1 saturated carbocycles. The number of benzene rings is 2. The number of aromatic nitrogens is 2. The number of hydrogen-bond donors (Lipinski definition) is 2. The Morgan fingerprint density at radius 1 is 0.914 bits per heavy atom. The molecule has 2 heterocycles. The number of nitrogens with zero attached hydrogens (tertiary/aromatic N) is 2. The zero-order chi connectivity index (χ0) is 25.6. The van der Waals surface area contributed by atoms with E-state index in [1.807, 2.05) is 42.8 Å². The highest BCUT2D eigenvalue weighted by Crippen LogP contribution is 2.31. The Balaban J connectivity index is 0.000000159. The topological polar surface area (TPSA) is 86.9 Å². The van der Waals surface area contributed by atoms with Crippen molar-refractivity contribution in [2.75, 3.05) is 5.73 Å². The van der Waals surface area contributed by atoms with Crippen LogP contribution in [0.1, 0.15) is 60.3 Å². The lowest BCUT2D eigenvalue weighted by Crippen LogP contribution is -2.14. The largest absolute Gasteiger partial charge is 0.433 e. The van der Waals surface area contributed by atoms with Crippen LogP contribution < -0.4 is 11.5 Å². The second kappa shape index (κ2) is 11.3. The van der Waals surface area contributed by atoms with Crippen molar-refractivity contribution in [2.45, 2.75) is 51.6 Å². The van der Waals surface area contributed by atoms with E-state index in [1.165, 1.54) is 44.6 Å². The lowest BCUT2D eigenvalue weighted by atomic mass is 10.0. The maximum absolute atomic E-state index is 12.4. The third kappa shape index (κ3) is 6.53. The molecule has 8 heteroatoms. The van der Waals surface area contributed by atoms with E-state index in [2.05, 4.69) is 4.98 Å². The summed E-state index contributed by atoms with van der Waals surface area (Å²) in [4.78, 5) is 14.6. The predicted octanol–water partition coefficient (Wildman–Crippen LogP) is 6.76. The summed E-state index contributed by atoms with van der Waals surface area (Å²) in [5.74, 6) is -0.386. The van der Waals surface area contributed by atoms with E-state index >= 15 is 0 Å². The Hall–Kier alpha value is -3.55. The number of hydrogen-bond acceptors (Lipinski definition) is 3. The Bertz CT molecular complexity index is 1300. The fraction of sp³-hybridized carbons (Fsp3) is 0.333. The van der Waals surface area contributed by atoms with Crippen LogP contribution in [0, 0.1) is 6.92 Å². The van der Waals surface area contributed by atoms with E-state index in [4.69, 9.17) is 11.5 Å². The number of halogens is 3. The Morgan fingerprint density at radius 3 is 2.06 bits per heavy atom. The molecule has 4 aromatic rings. The molecule has 2 aromatic carbocycles. The van der Waals surface area contributed by atoms with Crippen molar-refractivity contribution in [1.82, 2.24) is 9.55 Å². The second-order valence-electron chi connectivity index (χ2n) is 8.69. The van der Waals surface area contributed by atoms with Gasteiger partial charge < -0.3 is 16.0 Å². The molecule has 0 saturated heterocycles. The van der Waals surface area contributed by atoms with Gasteiger partial charge in [-0.3, -0.25) is 4.79 Å². The van der Waals surface area contributed by atoms with Crippen LogP contribution in [0.2, 0.25) is 0 Å². The molecule has 0 unspecified atom stereocenters. The summed E-state index contributed by atoms with van der Waals surface area (Å²) < 4.78 is 39.0. The first-order valence-corrected chi connectivity index (χ1v) is 11.7. The predicted molar refractivity (Wildman–Crippen MR) is 135 cm³/mol. The number of aryl methyl sites for hydroxylation is 2. The van der Waals surface area contributed by atoms with Crippen LogP contribution in [0.4, 0.5) is 18.9 Å². The van der Waals surface area contributed by atoms with Crippen LogP contribution in [0.25, 0.3) is 21.8 Å². The van der Waals surface area contributed by atoms with Gasteiger partial charge in [-0.05, 0) is 36.8 Å². The molecule has 0 atom stereocenters. The van der Waals surface area contributed by atoms with Gasteiger partial charge in [0, 0.05) is 29.0 Å². The number of pyridine rings is 1. The van der Waals surface area contributed by atoms with Gasteiger partial charge in [0.2, 0.25) is 0 Å². The second-order valence-corrected chi connectivity index (χ2v) is 8.69. The normalized spacial score (nSPS) is 13.5. The number of anilines is 1. The Kier molecular flexibility index (Phi) is 8.38. The molecule has 35 heavy (non-hydrogen) atoms. The van der Waals surface area contributed by atoms with Crippen molar-refractivity contribution in [3.63, 3.8) is 0 Å². The summed E-state index contributed by atoms with van der Waals surface area (Å²) in [6.07, 6.45) is 4.54. The number of primary amides is 1. The molecule has 186 valence electrons. The fourth-order valence-corrected chi connectivity index (χ4v) is 4.15. The lowest BCUT2D eigenvalue weighted by molar-refractivity contribution is -0.140. The van der Waals surface area contributed by atoms with Crippen molar-refractivity contribution in [3.05, 3.63) is 71.5 Å². The maximum Gasteiger partial charge on any atom is 0.433 e. The number of rotatable bonds is 1. The first kappa shape index (κ1) is 26.1. The van der Waals surface area contributed by atoms with Gasteiger partial charge in [-0.15, -0.1) is 0 Å². The minimum absolute atomic E-state index is 0.0907. The number of alkyl halides is 3. The smallest absolute Gasteiger partial charge is 0.398 e. The number of nitrogen functional groups attached to an aromatic ring is 1. The number of nitrogens with two attached hydrogens (primary N) is 2. The van der Waals surface area contributed by atoms with Crippen molar-refractivity contribution in [2.24, 2.45) is 12.8 Å². The monoisotopic (exact) mass is 484 g/mol. The summed E-state index contributed by atoms with van der Waals surface area (Å²) >= 11 is 0. The molecule has 4 N–H and O–H groups in total. The molecule has 0 aliphatic heterocycles. The van der Waals surface area contributed by atoms with Crippen molar-refractivity contribution >= 4 is 33.4 Å². The first-order chi connectivity index (χ1) is 16.6. The molecule has 0 spiro atoms. The van der Waals surface area contributed by atoms with Crippen LogP contribution in [-0.4, -0.2) is 15.5 Å². The van der Waals surface area contributed by atoms with E-state index in [-0.39, 0.29) is 17.1 Å². The number of carbonyl (C=O) groups is 1. The van der Waals surface area contributed by atoms with E-state index in [1.54, 1.807) is 18.2 Å². The Morgan fingerprint density at radius 2 is 1.51 bits per heavy atom. The zero-order valence-electron chi connectivity index (χ0n) is 20.0. The third-order valence-corrected chi connectivity index (χ3v) is 6.10. The van der Waals surface area contributed by atoms with Crippen LogP contribution in [0.15, 0.2) is 54.6 Å². The Labute approximate surface area is 202 Å². The quantitative estimate of drug-likeness (QED) is 0.313. The summed E-state index contributed by atoms with van der Waals surface area (Å²) in [5, 5.41) is 1.62. The number of carbonyl (C=O) groups excluding carboxylic acids is 1. The molecular formula is C27H31F3N4O. The van der Waals surface area contributed by atoms with Gasteiger partial charge in [0.1, 0.15) is 11.4 Å². The van der Waals surface area contributed by atoms with Gasteiger partial charge in [0.25, 0.3) is 5.91 Å². The molecule has 5 nitrogen and oxygen atoms in total. The molecular weight excluding hydrogens is 453 g/mol. The van der Waals surface area contributed by atoms with E-state index in [9.17, 15) is 18.0 Å². The molecule has 1 aliphatic carbocycles. The van der Waals surface area contributed by atoms with Gasteiger partial charge >= 0.3 is 6.18 Å². The number of para-hydroxylation sites is 1. The molecule has 2 aromatic heterocycles. The standard InChI is InChI=1S/C11H12N2O.C10H7F3N2.C6H12/c1-7-4-3-5-9-8(7)6-10(11(12)14)13(9)2;11-10(12,13)9-5-7(14)6-3-1-2-4-8(6)15-9;1-2-4-6-5-3-1/h3-6H,1-2H3,(H2,12,14);1-5H,(H2,14,15);1-6H2. The average Bonchev–Trinajstić information content (AvgIpc) is 3.19. The SMILES string of the molecule is C1CCCCC1.Cc1cccc2c1cc(C(N)=O)n2C.Nc1cc(C(F)(F)F)nc2ccccc12. The summed E-state index contributed by atoms with van der Waals surface area (Å²) in [7, 11) is 1.85. The zero-order valence-corrected chi connectivity index (χ0v) is 20.0. The maximum atomic E-state index is 12.4. The van der Waals surface area contributed by atoms with Gasteiger partial charge in [0.05, 0.1) is 5.52 Å². The summed E-state index contributed by atoms with van der Waals surface area (Å²) in [5.41, 5.74) is 12.9. The van der Waals surface area contributed by atoms with Gasteiger partial charge in [-0.2, -0.15) is 13.2 Å². The van der Waals surface area contributed by atoms with Crippen LogP contribution >= 0.6 is 0 Å². The van der Waals surface area contributed by atoms with E-state index in [0.717, 1.165) is 22.5 Å².